The Morgan fingerprint density at radius 3 is 2.66 bits per heavy atom. The molecule has 0 spiro atoms. The van der Waals surface area contributed by atoms with Crippen LogP contribution in [0.2, 0.25) is 0 Å². The van der Waals surface area contributed by atoms with Crippen LogP contribution in [0.3, 0.4) is 0 Å². The molecule has 148 valence electrons. The predicted octanol–water partition coefficient (Wildman–Crippen LogP) is 3.30. The second kappa shape index (κ2) is 6.59. The van der Waals surface area contributed by atoms with Crippen molar-refractivity contribution in [3.8, 4) is 28.6 Å². The van der Waals surface area contributed by atoms with Gasteiger partial charge in [0.05, 0.1) is 12.8 Å². The van der Waals surface area contributed by atoms with Crippen molar-refractivity contribution in [2.45, 2.75) is 13.8 Å². The van der Waals surface area contributed by atoms with Crippen molar-refractivity contribution >= 4 is 22.7 Å². The second-order valence-electron chi connectivity index (χ2n) is 6.77. The van der Waals surface area contributed by atoms with Gasteiger partial charge in [0.1, 0.15) is 34.2 Å². The van der Waals surface area contributed by atoms with E-state index in [0.29, 0.717) is 28.3 Å². The summed E-state index contributed by atoms with van der Waals surface area (Å²) in [6.07, 6.45) is 0. The number of phenols is 1. The van der Waals surface area contributed by atoms with E-state index < -0.39 is 5.91 Å². The highest BCUT2D eigenvalue weighted by molar-refractivity contribution is 6.03. The minimum absolute atomic E-state index is 0.0539. The topological polar surface area (TPSA) is 130 Å². The number of aromatic hydroxyl groups is 1. The molecule has 0 fully saturated rings. The summed E-state index contributed by atoms with van der Waals surface area (Å²) in [7, 11) is 1.58. The first kappa shape index (κ1) is 18.4. The highest BCUT2D eigenvalue weighted by atomic mass is 16.5. The summed E-state index contributed by atoms with van der Waals surface area (Å²) in [6.45, 7) is 3.61. The summed E-state index contributed by atoms with van der Waals surface area (Å²) in [4.78, 5) is 12.2. The van der Waals surface area contributed by atoms with E-state index >= 15 is 0 Å². The van der Waals surface area contributed by atoms with E-state index in [1.165, 1.54) is 4.68 Å². The molecule has 1 amide bonds. The average Bonchev–Trinajstić information content (AvgIpc) is 3.25. The van der Waals surface area contributed by atoms with E-state index in [4.69, 9.17) is 20.6 Å². The fourth-order valence-electron chi connectivity index (χ4n) is 3.43. The normalized spacial score (nSPS) is 11.1. The van der Waals surface area contributed by atoms with E-state index in [-0.39, 0.29) is 22.8 Å². The van der Waals surface area contributed by atoms with Gasteiger partial charge in [0.15, 0.2) is 5.76 Å². The van der Waals surface area contributed by atoms with Gasteiger partial charge >= 0.3 is 0 Å². The van der Waals surface area contributed by atoms with Gasteiger partial charge in [0.25, 0.3) is 5.91 Å². The number of nitrogens with two attached hydrogens (primary N) is 2. The lowest BCUT2D eigenvalue weighted by Crippen LogP contribution is -2.14. The standard InChI is InChI=1S/C21H20N4O4/c1-10-4-6-14(26)11(2)19(10)25-20(22)17(21(23)27)18(24-25)16-9-12-8-13(28-3)5-7-15(12)29-16/h4-9,26H,22H2,1-3H3,(H2,23,27). The molecule has 0 radical (unpaired) electrons. The number of aromatic nitrogens is 2. The van der Waals surface area contributed by atoms with Crippen molar-refractivity contribution in [3.63, 3.8) is 0 Å². The van der Waals surface area contributed by atoms with Crippen LogP contribution in [0, 0.1) is 13.8 Å². The minimum atomic E-state index is -0.725. The summed E-state index contributed by atoms with van der Waals surface area (Å²) in [5.74, 6) is 0.470. The van der Waals surface area contributed by atoms with Crippen LogP contribution in [0.4, 0.5) is 5.82 Å². The maximum absolute atomic E-state index is 12.2. The Hall–Kier alpha value is -3.94. The van der Waals surface area contributed by atoms with Gasteiger partial charge in [0, 0.05) is 10.9 Å². The van der Waals surface area contributed by atoms with Gasteiger partial charge in [-0.25, -0.2) is 4.68 Å². The summed E-state index contributed by atoms with van der Waals surface area (Å²) in [5.41, 5.74) is 14.7. The number of ether oxygens (including phenoxy) is 1. The molecule has 0 aliphatic heterocycles. The predicted molar refractivity (Wildman–Crippen MR) is 109 cm³/mol. The molecule has 4 rings (SSSR count). The fraction of sp³-hybridized carbons (Fsp3) is 0.143. The molecule has 5 N–H and O–H groups in total. The van der Waals surface area contributed by atoms with Crippen molar-refractivity contribution in [3.05, 3.63) is 53.1 Å². The van der Waals surface area contributed by atoms with Crippen molar-refractivity contribution in [2.24, 2.45) is 5.73 Å². The number of methoxy groups -OCH3 is 1. The number of carbonyl (C=O) groups is 1. The Morgan fingerprint density at radius 1 is 1.21 bits per heavy atom. The number of hydrogen-bond donors (Lipinski definition) is 3. The SMILES string of the molecule is COc1ccc2oc(-c3nn(-c4c(C)ccc(O)c4C)c(N)c3C(N)=O)cc2c1. The molecule has 0 aliphatic carbocycles. The lowest BCUT2D eigenvalue weighted by Gasteiger charge is -2.12. The monoisotopic (exact) mass is 392 g/mol. The van der Waals surface area contributed by atoms with Crippen molar-refractivity contribution < 1.29 is 19.1 Å². The highest BCUT2D eigenvalue weighted by Crippen LogP contribution is 2.36. The van der Waals surface area contributed by atoms with Gasteiger partial charge in [-0.2, -0.15) is 5.10 Å². The van der Waals surface area contributed by atoms with Gasteiger partial charge < -0.3 is 25.7 Å². The molecular weight excluding hydrogens is 372 g/mol. The number of anilines is 1. The Bertz CT molecular complexity index is 1270. The average molecular weight is 392 g/mol. The summed E-state index contributed by atoms with van der Waals surface area (Å²) >= 11 is 0. The zero-order valence-electron chi connectivity index (χ0n) is 16.2. The van der Waals surface area contributed by atoms with Crippen LogP contribution in [0.5, 0.6) is 11.5 Å². The Labute approximate surface area is 166 Å². The molecule has 8 nitrogen and oxygen atoms in total. The Morgan fingerprint density at radius 2 is 1.97 bits per heavy atom. The van der Waals surface area contributed by atoms with Gasteiger partial charge in [-0.3, -0.25) is 4.79 Å². The Kier molecular flexibility index (Phi) is 4.19. The van der Waals surface area contributed by atoms with Crippen LogP contribution in [0.1, 0.15) is 21.5 Å². The zero-order valence-corrected chi connectivity index (χ0v) is 16.2. The van der Waals surface area contributed by atoms with E-state index in [0.717, 1.165) is 10.9 Å². The zero-order chi connectivity index (χ0) is 20.9. The van der Waals surface area contributed by atoms with Gasteiger partial charge in [0.2, 0.25) is 0 Å². The summed E-state index contributed by atoms with van der Waals surface area (Å²) < 4.78 is 12.5. The molecule has 8 heteroatoms. The molecule has 0 saturated carbocycles. The molecule has 0 atom stereocenters. The quantitative estimate of drug-likeness (QED) is 0.489. The summed E-state index contributed by atoms with van der Waals surface area (Å²) in [5, 5.41) is 15.4. The van der Waals surface area contributed by atoms with Gasteiger partial charge in [-0.05, 0) is 49.7 Å². The second-order valence-corrected chi connectivity index (χ2v) is 6.77. The lowest BCUT2D eigenvalue weighted by molar-refractivity contribution is 0.100. The number of amides is 1. The van der Waals surface area contributed by atoms with Crippen LogP contribution in [-0.2, 0) is 0 Å². The van der Waals surface area contributed by atoms with Crippen LogP contribution < -0.4 is 16.2 Å². The lowest BCUT2D eigenvalue weighted by atomic mass is 10.1. The maximum Gasteiger partial charge on any atom is 0.254 e. The molecule has 0 aliphatic rings. The number of hydrogen-bond acceptors (Lipinski definition) is 6. The molecule has 4 aromatic rings. The number of rotatable bonds is 4. The molecule has 2 heterocycles. The number of phenolic OH excluding ortho intramolecular Hbond substituents is 1. The largest absolute Gasteiger partial charge is 0.508 e. The molecule has 2 aromatic carbocycles. The van der Waals surface area contributed by atoms with E-state index in [1.54, 1.807) is 44.4 Å². The highest BCUT2D eigenvalue weighted by Gasteiger charge is 2.26. The first-order valence-corrected chi connectivity index (χ1v) is 8.87. The van der Waals surface area contributed by atoms with Crippen molar-refractivity contribution in [2.75, 3.05) is 12.8 Å². The molecule has 0 unspecified atom stereocenters. The van der Waals surface area contributed by atoms with Crippen molar-refractivity contribution in [1.29, 1.82) is 0 Å². The third-order valence-corrected chi connectivity index (χ3v) is 4.94. The third-order valence-electron chi connectivity index (χ3n) is 4.94. The van der Waals surface area contributed by atoms with Crippen molar-refractivity contribution in [1.82, 2.24) is 9.78 Å². The van der Waals surface area contributed by atoms with Gasteiger partial charge in [-0.1, -0.05) is 6.07 Å². The number of nitrogen functional groups attached to an aromatic ring is 1. The van der Waals surface area contributed by atoms with E-state index in [9.17, 15) is 9.90 Å². The summed E-state index contributed by atoms with van der Waals surface area (Å²) in [6, 6.07) is 10.4. The number of carbonyl (C=O) groups excluding carboxylic acids is 1. The maximum atomic E-state index is 12.2. The van der Waals surface area contributed by atoms with E-state index in [2.05, 4.69) is 5.10 Å². The third kappa shape index (κ3) is 2.85. The number of furan rings is 1. The van der Waals surface area contributed by atoms with Crippen LogP contribution >= 0.6 is 0 Å². The number of primary amides is 1. The molecule has 2 aromatic heterocycles. The number of benzene rings is 2. The number of aryl methyl sites for hydroxylation is 1. The molecule has 29 heavy (non-hydrogen) atoms. The number of nitrogens with zero attached hydrogens (tertiary/aromatic N) is 2. The molecular formula is C21H20N4O4. The van der Waals surface area contributed by atoms with Crippen LogP contribution in [-0.4, -0.2) is 27.9 Å². The van der Waals surface area contributed by atoms with Crippen LogP contribution in [0.15, 0.2) is 40.8 Å². The Balaban J connectivity index is 1.97. The minimum Gasteiger partial charge on any atom is -0.508 e. The van der Waals surface area contributed by atoms with Crippen LogP contribution in [0.25, 0.3) is 28.1 Å². The molecule has 0 saturated heterocycles. The number of fused-ring (bicyclic) bond motifs is 1. The first-order chi connectivity index (χ1) is 13.8. The van der Waals surface area contributed by atoms with E-state index in [1.807, 2.05) is 13.0 Å². The fourth-order valence-corrected chi connectivity index (χ4v) is 3.43. The smallest absolute Gasteiger partial charge is 0.254 e. The van der Waals surface area contributed by atoms with Gasteiger partial charge in [-0.15, -0.1) is 0 Å². The first-order valence-electron chi connectivity index (χ1n) is 8.87. The molecule has 0 bridgehead atoms.